The van der Waals surface area contributed by atoms with Crippen molar-refractivity contribution in [2.24, 2.45) is 0 Å². The van der Waals surface area contributed by atoms with Crippen LogP contribution in [0.1, 0.15) is 59.0 Å². The summed E-state index contributed by atoms with van der Waals surface area (Å²) in [6.07, 6.45) is 4.05. The molecule has 0 spiro atoms. The van der Waals surface area contributed by atoms with Crippen LogP contribution in [0.4, 0.5) is 15.8 Å². The number of nitrogens with one attached hydrogen (secondary N) is 2. The average molecular weight is 434 g/mol. The summed E-state index contributed by atoms with van der Waals surface area (Å²) in [6, 6.07) is 13.8. The van der Waals surface area contributed by atoms with E-state index in [0.29, 0.717) is 12.1 Å². The molecule has 0 unspecified atom stereocenters. The van der Waals surface area contributed by atoms with E-state index in [1.807, 2.05) is 19.1 Å². The number of nitro benzene ring substituents is 1. The summed E-state index contributed by atoms with van der Waals surface area (Å²) in [5.74, 6) is -0.780. The van der Waals surface area contributed by atoms with Gasteiger partial charge in [-0.3, -0.25) is 19.9 Å². The molecule has 0 fully saturated rings. The number of benzene rings is 2. The number of carbonyl (C=O) groups excluding carboxylic acids is 1. The Labute approximate surface area is 184 Å². The first kappa shape index (κ1) is 21.4. The topological polar surface area (TPSA) is 97.2 Å². The predicted octanol–water partition coefficient (Wildman–Crippen LogP) is 5.11. The summed E-state index contributed by atoms with van der Waals surface area (Å²) in [7, 11) is 0. The lowest BCUT2D eigenvalue weighted by Crippen LogP contribution is -2.31. The van der Waals surface area contributed by atoms with Gasteiger partial charge in [0.15, 0.2) is 0 Å². The molecule has 0 bridgehead atoms. The normalized spacial score (nSPS) is 16.0. The number of hydrogen-bond acceptors (Lipinski definition) is 5. The van der Waals surface area contributed by atoms with Crippen molar-refractivity contribution >= 4 is 17.3 Å². The minimum absolute atomic E-state index is 0.177. The van der Waals surface area contributed by atoms with Crippen LogP contribution < -0.4 is 10.6 Å². The molecule has 1 heterocycles. The van der Waals surface area contributed by atoms with E-state index < -0.39 is 10.8 Å². The maximum Gasteiger partial charge on any atom is 0.293 e. The van der Waals surface area contributed by atoms with Crippen LogP contribution in [0.25, 0.3) is 0 Å². The van der Waals surface area contributed by atoms with E-state index in [9.17, 15) is 19.3 Å². The summed E-state index contributed by atoms with van der Waals surface area (Å²) < 4.78 is 13.7. The maximum absolute atomic E-state index is 13.7. The minimum Gasteiger partial charge on any atom is -0.371 e. The quantitative estimate of drug-likeness (QED) is 0.415. The largest absolute Gasteiger partial charge is 0.371 e. The lowest BCUT2D eigenvalue weighted by molar-refractivity contribution is -0.384. The van der Waals surface area contributed by atoms with Crippen LogP contribution in [-0.4, -0.2) is 15.8 Å². The zero-order valence-electron chi connectivity index (χ0n) is 17.5. The number of hydrogen-bond donors (Lipinski definition) is 2. The monoisotopic (exact) mass is 434 g/mol. The first-order valence-corrected chi connectivity index (χ1v) is 10.5. The predicted molar refractivity (Wildman–Crippen MR) is 119 cm³/mol. The third-order valence-corrected chi connectivity index (χ3v) is 5.69. The Balaban J connectivity index is 1.55. The number of anilines is 1. The smallest absolute Gasteiger partial charge is 0.293 e. The van der Waals surface area contributed by atoms with Crippen LogP contribution in [0.3, 0.4) is 0 Å². The number of amides is 1. The first-order valence-electron chi connectivity index (χ1n) is 10.5. The molecule has 0 saturated carbocycles. The van der Waals surface area contributed by atoms with Gasteiger partial charge in [-0.15, -0.1) is 0 Å². The molecule has 0 aliphatic heterocycles. The number of aromatic nitrogens is 1. The van der Waals surface area contributed by atoms with Crippen molar-refractivity contribution in [2.45, 2.75) is 38.3 Å². The van der Waals surface area contributed by atoms with Crippen molar-refractivity contribution < 1.29 is 14.1 Å². The van der Waals surface area contributed by atoms with Crippen LogP contribution in [0.2, 0.25) is 0 Å². The van der Waals surface area contributed by atoms with Gasteiger partial charge < -0.3 is 10.6 Å². The molecule has 2 atom stereocenters. The van der Waals surface area contributed by atoms with Gasteiger partial charge >= 0.3 is 0 Å². The molecule has 1 amide bonds. The number of pyridine rings is 1. The zero-order valence-corrected chi connectivity index (χ0v) is 17.5. The van der Waals surface area contributed by atoms with Gasteiger partial charge in [0, 0.05) is 17.8 Å². The molecule has 3 aromatic rings. The minimum atomic E-state index is -0.518. The van der Waals surface area contributed by atoms with Crippen molar-refractivity contribution in [3.8, 4) is 0 Å². The van der Waals surface area contributed by atoms with E-state index in [0.717, 1.165) is 29.7 Å². The van der Waals surface area contributed by atoms with E-state index >= 15 is 0 Å². The van der Waals surface area contributed by atoms with E-state index in [1.54, 1.807) is 24.4 Å². The van der Waals surface area contributed by atoms with Gasteiger partial charge in [0.2, 0.25) is 0 Å². The molecule has 0 saturated heterocycles. The molecule has 4 rings (SSSR count). The third-order valence-electron chi connectivity index (χ3n) is 5.69. The Hall–Kier alpha value is -3.81. The summed E-state index contributed by atoms with van der Waals surface area (Å²) in [5, 5.41) is 17.7. The molecule has 164 valence electrons. The fourth-order valence-corrected chi connectivity index (χ4v) is 4.05. The molecule has 32 heavy (non-hydrogen) atoms. The van der Waals surface area contributed by atoms with Gasteiger partial charge in [-0.05, 0) is 73.7 Å². The lowest BCUT2D eigenvalue weighted by Gasteiger charge is -2.26. The molecule has 8 heteroatoms. The molecule has 7 nitrogen and oxygen atoms in total. The summed E-state index contributed by atoms with van der Waals surface area (Å²) >= 11 is 0. The van der Waals surface area contributed by atoms with Crippen LogP contribution >= 0.6 is 0 Å². The molecular weight excluding hydrogens is 411 g/mol. The second-order valence-electron chi connectivity index (χ2n) is 7.87. The molecule has 2 aromatic carbocycles. The van der Waals surface area contributed by atoms with Crippen molar-refractivity contribution in [1.29, 1.82) is 0 Å². The fourth-order valence-electron chi connectivity index (χ4n) is 4.05. The molecular formula is C24H23FN4O3. The van der Waals surface area contributed by atoms with Gasteiger partial charge in [0.05, 0.1) is 22.7 Å². The molecule has 1 aromatic heterocycles. The van der Waals surface area contributed by atoms with Crippen molar-refractivity contribution in [3.63, 3.8) is 0 Å². The van der Waals surface area contributed by atoms with Gasteiger partial charge in [-0.25, -0.2) is 4.39 Å². The zero-order chi connectivity index (χ0) is 22.7. The Morgan fingerprint density at radius 3 is 2.81 bits per heavy atom. The third kappa shape index (κ3) is 4.59. The molecule has 1 aliphatic carbocycles. The number of carbonyl (C=O) groups is 1. The van der Waals surface area contributed by atoms with Gasteiger partial charge in [-0.2, -0.15) is 0 Å². The highest BCUT2D eigenvalue weighted by Crippen LogP contribution is 2.32. The maximum atomic E-state index is 13.7. The molecule has 1 aliphatic rings. The van der Waals surface area contributed by atoms with Crippen molar-refractivity contribution in [2.75, 3.05) is 5.32 Å². The van der Waals surface area contributed by atoms with Crippen LogP contribution in [-0.2, 0) is 6.42 Å². The SMILES string of the molecule is C[C@@H](Nc1ccc(C(=O)N[C@@H]2CCCc3ccc(F)cc32)cc1[N+](=O)[O-])c1ccccn1. The average Bonchev–Trinajstić information content (AvgIpc) is 2.80. The number of halogens is 1. The van der Waals surface area contributed by atoms with Gasteiger partial charge in [-0.1, -0.05) is 12.1 Å². The summed E-state index contributed by atoms with van der Waals surface area (Å²) in [6.45, 7) is 1.85. The van der Waals surface area contributed by atoms with E-state index in [1.165, 1.54) is 24.3 Å². The Morgan fingerprint density at radius 1 is 1.22 bits per heavy atom. The van der Waals surface area contributed by atoms with Gasteiger partial charge in [0.1, 0.15) is 11.5 Å². The van der Waals surface area contributed by atoms with Crippen LogP contribution in [0, 0.1) is 15.9 Å². The number of nitro groups is 1. The van der Waals surface area contributed by atoms with Crippen molar-refractivity contribution in [3.05, 3.63) is 99.1 Å². The fraction of sp³-hybridized carbons (Fsp3) is 0.250. The number of aryl methyl sites for hydroxylation is 1. The Bertz CT molecular complexity index is 1150. The standard InChI is InChI=1S/C24H23FN4O3/c1-15(20-6-2-3-12-26-20)27-22-11-9-17(13-23(22)29(31)32)24(30)28-21-7-4-5-16-8-10-18(25)14-19(16)21/h2-3,6,8-15,21,27H,4-5,7H2,1H3,(H,28,30)/t15-,21-/m1/s1. The lowest BCUT2D eigenvalue weighted by atomic mass is 9.87. The second kappa shape index (κ2) is 9.13. The first-order chi connectivity index (χ1) is 15.4. The van der Waals surface area contributed by atoms with Crippen LogP contribution in [0.5, 0.6) is 0 Å². The Kier molecular flexibility index (Phi) is 6.11. The van der Waals surface area contributed by atoms with Crippen molar-refractivity contribution in [1.82, 2.24) is 10.3 Å². The summed E-state index contributed by atoms with van der Waals surface area (Å²) in [5.41, 5.74) is 2.80. The Morgan fingerprint density at radius 2 is 2.06 bits per heavy atom. The highest BCUT2D eigenvalue weighted by molar-refractivity contribution is 5.96. The number of fused-ring (bicyclic) bond motifs is 1. The van der Waals surface area contributed by atoms with E-state index in [4.69, 9.17) is 0 Å². The van der Waals surface area contributed by atoms with Crippen LogP contribution in [0.15, 0.2) is 60.8 Å². The van der Waals surface area contributed by atoms with Gasteiger partial charge in [0.25, 0.3) is 11.6 Å². The van der Waals surface area contributed by atoms with E-state index in [2.05, 4.69) is 15.6 Å². The number of nitrogens with zero attached hydrogens (tertiary/aromatic N) is 2. The second-order valence-corrected chi connectivity index (χ2v) is 7.87. The summed E-state index contributed by atoms with van der Waals surface area (Å²) in [4.78, 5) is 28.3. The molecule has 0 radical (unpaired) electrons. The highest BCUT2D eigenvalue weighted by Gasteiger charge is 2.25. The molecule has 2 N–H and O–H groups in total. The number of rotatable bonds is 6. The highest BCUT2D eigenvalue weighted by atomic mass is 19.1. The van der Waals surface area contributed by atoms with E-state index in [-0.39, 0.29) is 29.2 Å².